The first-order valence-corrected chi connectivity index (χ1v) is 14.8. The predicted octanol–water partition coefficient (Wildman–Crippen LogP) is 9.07. The molecule has 0 aliphatic heterocycles. The molecule has 1 heteroatoms. The van der Waals surface area contributed by atoms with Crippen LogP contribution < -0.4 is 0 Å². The van der Waals surface area contributed by atoms with E-state index in [1.54, 1.807) is 5.56 Å². The third-order valence-electron chi connectivity index (χ3n) is 12.4. The standard InChI is InChI=1S/C34H49N/c1-32(2,3)35(6)27-17-19-33(4)26(22-27)13-14-28-30-16-15-29(34(30,5)20-18-31(28)33)25-12-11-23-9-7-8-10-24(23)21-25/h7-12,21,26-31H,13-20,22H2,1-6H3/t26-,27+,28-,29+,30-,31-,33-,34+/m0/s1. The Hall–Kier alpha value is -1.34. The molecule has 1 nitrogen and oxygen atoms in total. The monoisotopic (exact) mass is 471 g/mol. The molecule has 2 aromatic carbocycles. The van der Waals surface area contributed by atoms with E-state index < -0.39 is 0 Å². The molecule has 0 amide bonds. The van der Waals surface area contributed by atoms with Crippen molar-refractivity contribution in [2.75, 3.05) is 7.05 Å². The number of hydrogen-bond donors (Lipinski definition) is 0. The van der Waals surface area contributed by atoms with Gasteiger partial charge in [0, 0.05) is 11.6 Å². The summed E-state index contributed by atoms with van der Waals surface area (Å²) in [6.45, 7) is 12.6. The van der Waals surface area contributed by atoms with Crippen LogP contribution in [-0.2, 0) is 0 Å². The van der Waals surface area contributed by atoms with Crippen LogP contribution in [0.15, 0.2) is 42.5 Å². The Kier molecular flexibility index (Phi) is 5.72. The van der Waals surface area contributed by atoms with E-state index in [0.717, 1.165) is 35.6 Å². The van der Waals surface area contributed by atoms with E-state index in [2.05, 4.69) is 89.0 Å². The molecule has 0 bridgehead atoms. The van der Waals surface area contributed by atoms with Crippen molar-refractivity contribution in [1.29, 1.82) is 0 Å². The SMILES string of the molecule is CN([C@@H]1CC[C@@]2(C)[C@@H](CC[C@@H]3[C@@H]2CC[C@]2(C)[C@@H](c4ccc5ccccc5c4)CC[C@@H]32)C1)C(C)(C)C. The summed E-state index contributed by atoms with van der Waals surface area (Å²) >= 11 is 0. The zero-order chi connectivity index (χ0) is 24.6. The average Bonchev–Trinajstić information content (AvgIpc) is 3.19. The first-order chi connectivity index (χ1) is 16.6. The van der Waals surface area contributed by atoms with Gasteiger partial charge in [0.1, 0.15) is 0 Å². The maximum Gasteiger partial charge on any atom is 0.0124 e. The van der Waals surface area contributed by atoms with Crippen LogP contribution in [0, 0.1) is 34.5 Å². The lowest BCUT2D eigenvalue weighted by Crippen LogP contribution is -2.56. The van der Waals surface area contributed by atoms with Gasteiger partial charge >= 0.3 is 0 Å². The Morgan fingerprint density at radius 3 is 2.26 bits per heavy atom. The van der Waals surface area contributed by atoms with Crippen molar-refractivity contribution in [3.8, 4) is 0 Å². The van der Waals surface area contributed by atoms with Crippen molar-refractivity contribution in [2.45, 2.75) is 110 Å². The van der Waals surface area contributed by atoms with E-state index in [4.69, 9.17) is 0 Å². The second-order valence-corrected chi connectivity index (χ2v) is 14.6. The number of hydrogen-bond acceptors (Lipinski definition) is 1. The van der Waals surface area contributed by atoms with Gasteiger partial charge in [-0.05, 0) is 142 Å². The second-order valence-electron chi connectivity index (χ2n) is 14.6. The van der Waals surface area contributed by atoms with E-state index >= 15 is 0 Å². The molecule has 4 aliphatic rings. The molecule has 0 N–H and O–H groups in total. The Morgan fingerprint density at radius 2 is 1.49 bits per heavy atom. The third-order valence-corrected chi connectivity index (χ3v) is 12.4. The van der Waals surface area contributed by atoms with Crippen molar-refractivity contribution in [3.05, 3.63) is 48.0 Å². The Labute approximate surface area is 215 Å². The number of benzene rings is 2. The molecule has 35 heavy (non-hydrogen) atoms. The van der Waals surface area contributed by atoms with Crippen LogP contribution in [0.5, 0.6) is 0 Å². The quantitative estimate of drug-likeness (QED) is 0.422. The smallest absolute Gasteiger partial charge is 0.0124 e. The van der Waals surface area contributed by atoms with Crippen molar-refractivity contribution in [2.24, 2.45) is 34.5 Å². The van der Waals surface area contributed by atoms with Crippen LogP contribution in [0.4, 0.5) is 0 Å². The van der Waals surface area contributed by atoms with E-state index in [9.17, 15) is 0 Å². The topological polar surface area (TPSA) is 3.24 Å². The molecule has 0 saturated heterocycles. The molecule has 0 radical (unpaired) electrons. The number of nitrogens with zero attached hydrogens (tertiary/aromatic N) is 1. The Balaban J connectivity index is 1.23. The van der Waals surface area contributed by atoms with E-state index in [0.29, 0.717) is 10.8 Å². The number of fused-ring (bicyclic) bond motifs is 6. The summed E-state index contributed by atoms with van der Waals surface area (Å²) in [6, 6.07) is 17.1. The predicted molar refractivity (Wildman–Crippen MR) is 150 cm³/mol. The summed E-state index contributed by atoms with van der Waals surface area (Å²) in [6.07, 6.45) is 13.1. The largest absolute Gasteiger partial charge is 0.299 e. The maximum atomic E-state index is 2.74. The van der Waals surface area contributed by atoms with Crippen molar-refractivity contribution < 1.29 is 0 Å². The van der Waals surface area contributed by atoms with Gasteiger partial charge in [-0.25, -0.2) is 0 Å². The Morgan fingerprint density at radius 1 is 0.771 bits per heavy atom. The normalized spacial score (nSPS) is 41.5. The fraction of sp³-hybridized carbons (Fsp3) is 0.706. The molecule has 2 aromatic rings. The molecule has 8 atom stereocenters. The van der Waals surface area contributed by atoms with Gasteiger partial charge < -0.3 is 0 Å². The van der Waals surface area contributed by atoms with Gasteiger partial charge in [-0.2, -0.15) is 0 Å². The highest BCUT2D eigenvalue weighted by Crippen LogP contribution is 2.69. The minimum atomic E-state index is 0.282. The lowest BCUT2D eigenvalue weighted by atomic mass is 9.44. The fourth-order valence-corrected chi connectivity index (χ4v) is 10.1. The van der Waals surface area contributed by atoms with Gasteiger partial charge in [-0.1, -0.05) is 56.3 Å². The Bertz CT molecular complexity index is 1080. The molecule has 190 valence electrons. The van der Waals surface area contributed by atoms with Crippen molar-refractivity contribution >= 4 is 10.8 Å². The highest BCUT2D eigenvalue weighted by molar-refractivity contribution is 5.83. The summed E-state index contributed by atoms with van der Waals surface area (Å²) in [4.78, 5) is 2.70. The average molecular weight is 472 g/mol. The first kappa shape index (κ1) is 24.0. The molecule has 0 spiro atoms. The zero-order valence-electron chi connectivity index (χ0n) is 23.3. The number of rotatable bonds is 2. The van der Waals surface area contributed by atoms with Gasteiger partial charge in [-0.3, -0.25) is 4.90 Å². The van der Waals surface area contributed by atoms with Gasteiger partial charge in [0.15, 0.2) is 0 Å². The maximum absolute atomic E-state index is 2.74. The third kappa shape index (κ3) is 3.74. The summed E-state index contributed by atoms with van der Waals surface area (Å²) in [5.41, 5.74) is 2.98. The van der Waals surface area contributed by atoms with Gasteiger partial charge in [0.05, 0.1) is 0 Å². The zero-order valence-corrected chi connectivity index (χ0v) is 23.3. The summed E-state index contributed by atoms with van der Waals surface area (Å²) in [5, 5.41) is 2.81. The molecule has 6 rings (SSSR count). The van der Waals surface area contributed by atoms with Crippen LogP contribution in [0.1, 0.15) is 104 Å². The minimum absolute atomic E-state index is 0.282. The van der Waals surface area contributed by atoms with E-state index in [1.807, 2.05) is 0 Å². The lowest BCUT2D eigenvalue weighted by molar-refractivity contribution is -0.120. The molecule has 4 saturated carbocycles. The van der Waals surface area contributed by atoms with Gasteiger partial charge in [0.25, 0.3) is 0 Å². The van der Waals surface area contributed by atoms with Crippen LogP contribution in [0.3, 0.4) is 0 Å². The van der Waals surface area contributed by atoms with Crippen LogP contribution in [0.2, 0.25) is 0 Å². The molecule has 0 aromatic heterocycles. The van der Waals surface area contributed by atoms with Crippen molar-refractivity contribution in [1.82, 2.24) is 4.90 Å². The molecular formula is C34H49N. The summed E-state index contributed by atoms with van der Waals surface area (Å²) in [5.74, 6) is 4.56. The summed E-state index contributed by atoms with van der Waals surface area (Å²) < 4.78 is 0. The molecular weight excluding hydrogens is 422 g/mol. The van der Waals surface area contributed by atoms with Gasteiger partial charge in [0.2, 0.25) is 0 Å². The molecule has 4 fully saturated rings. The second kappa shape index (κ2) is 8.34. The van der Waals surface area contributed by atoms with E-state index in [-0.39, 0.29) is 5.54 Å². The molecule has 4 aliphatic carbocycles. The van der Waals surface area contributed by atoms with Crippen molar-refractivity contribution in [3.63, 3.8) is 0 Å². The van der Waals surface area contributed by atoms with Gasteiger partial charge in [-0.15, -0.1) is 0 Å². The lowest BCUT2D eigenvalue weighted by Gasteiger charge is -2.62. The first-order valence-electron chi connectivity index (χ1n) is 14.8. The summed E-state index contributed by atoms with van der Waals surface area (Å²) in [7, 11) is 2.39. The van der Waals surface area contributed by atoms with Crippen LogP contribution >= 0.6 is 0 Å². The highest BCUT2D eigenvalue weighted by atomic mass is 15.2. The van der Waals surface area contributed by atoms with Crippen LogP contribution in [-0.4, -0.2) is 23.5 Å². The van der Waals surface area contributed by atoms with Crippen LogP contribution in [0.25, 0.3) is 10.8 Å². The minimum Gasteiger partial charge on any atom is -0.299 e. The molecule has 0 unspecified atom stereocenters. The fourth-order valence-electron chi connectivity index (χ4n) is 10.1. The van der Waals surface area contributed by atoms with E-state index in [1.165, 1.54) is 68.6 Å². The highest BCUT2D eigenvalue weighted by Gasteiger charge is 2.60. The molecule has 0 heterocycles.